The summed E-state index contributed by atoms with van der Waals surface area (Å²) in [6, 6.07) is 61.8. The standard InChI is InChI=1S/C27H20Br2O2.C27H18Br2.Y/c1-17-6-15-24-25(16-17)27(31,19-9-13-21(29)14-10-19)23-5-3-2-4-22(23)26(24,30)18-7-11-20(28)12-8-18;1-17-6-15-24-25(16-17)27(19-9-13-21(29)14-10-19)23-5-3-2-4-22(23)26(24)18-7-11-20(28)12-8-18;/h2-16,30-31H,1H3;2-16H,1H3;. The Hall–Kier alpha value is -3.56. The smallest absolute Gasteiger partial charge is 0.141 e. The summed E-state index contributed by atoms with van der Waals surface area (Å²) < 4.78 is 4.08. The number of fused-ring (bicyclic) bond motifs is 4. The van der Waals surface area contributed by atoms with Crippen molar-refractivity contribution in [2.75, 3.05) is 0 Å². The summed E-state index contributed by atoms with van der Waals surface area (Å²) in [7, 11) is 0. The molecule has 297 valence electrons. The molecule has 0 amide bonds. The van der Waals surface area contributed by atoms with Crippen LogP contribution in [0.25, 0.3) is 43.8 Å². The third kappa shape index (κ3) is 8.02. The van der Waals surface area contributed by atoms with Gasteiger partial charge in [-0.25, -0.2) is 0 Å². The largest absolute Gasteiger partial charge is 0.376 e. The average Bonchev–Trinajstić information content (AvgIpc) is 3.26. The van der Waals surface area contributed by atoms with Crippen molar-refractivity contribution in [2.45, 2.75) is 25.0 Å². The summed E-state index contributed by atoms with van der Waals surface area (Å²) in [5, 5.41) is 29.8. The normalized spacial score (nSPS) is 16.5. The van der Waals surface area contributed by atoms with Crippen molar-refractivity contribution in [3.05, 3.63) is 244 Å². The van der Waals surface area contributed by atoms with Gasteiger partial charge in [0.15, 0.2) is 0 Å². The van der Waals surface area contributed by atoms with Crippen LogP contribution in [0.2, 0.25) is 0 Å². The minimum Gasteiger partial charge on any atom is -0.376 e. The molecule has 0 heterocycles. The molecule has 1 aliphatic rings. The van der Waals surface area contributed by atoms with E-state index in [4.69, 9.17) is 0 Å². The second-order valence-corrected chi connectivity index (χ2v) is 19.1. The topological polar surface area (TPSA) is 40.5 Å². The minimum atomic E-state index is -1.39. The van der Waals surface area contributed by atoms with Crippen LogP contribution in [0.3, 0.4) is 0 Å². The molecule has 9 aromatic rings. The Kier molecular flexibility index (Phi) is 12.9. The SMILES string of the molecule is Cc1ccc2c(-c3ccc(Br)cc3)c3ccccc3c(-c3ccc(Br)cc3)c2c1.Cc1ccc2c(c1)C(O)(c1ccc(Br)cc1)c1ccccc1C2(O)c1ccc(Br)cc1.[Y]. The molecule has 1 aliphatic carbocycles. The minimum absolute atomic E-state index is 0. The van der Waals surface area contributed by atoms with Gasteiger partial charge in [0.05, 0.1) is 0 Å². The van der Waals surface area contributed by atoms with Crippen LogP contribution in [0.15, 0.2) is 200 Å². The van der Waals surface area contributed by atoms with Gasteiger partial charge in [-0.2, -0.15) is 0 Å². The van der Waals surface area contributed by atoms with Gasteiger partial charge in [0, 0.05) is 50.6 Å². The van der Waals surface area contributed by atoms with E-state index in [0.29, 0.717) is 22.3 Å². The van der Waals surface area contributed by atoms with Crippen LogP contribution in [-0.4, -0.2) is 10.2 Å². The van der Waals surface area contributed by atoms with E-state index >= 15 is 0 Å². The zero-order valence-electron chi connectivity index (χ0n) is 33.3. The first-order valence-corrected chi connectivity index (χ1v) is 22.8. The number of hydrogen-bond acceptors (Lipinski definition) is 2. The fraction of sp³-hybridized carbons (Fsp3) is 0.0741. The number of aliphatic hydroxyl groups is 2. The Morgan fingerprint density at radius 2 is 0.689 bits per heavy atom. The molecule has 9 aromatic carbocycles. The molecule has 1 radical (unpaired) electrons. The van der Waals surface area contributed by atoms with Crippen molar-refractivity contribution < 1.29 is 42.9 Å². The molecule has 61 heavy (non-hydrogen) atoms. The van der Waals surface area contributed by atoms with Crippen molar-refractivity contribution in [1.29, 1.82) is 0 Å². The summed E-state index contributed by atoms with van der Waals surface area (Å²) >= 11 is 14.1. The number of benzene rings is 9. The molecule has 0 saturated heterocycles. The van der Waals surface area contributed by atoms with Gasteiger partial charge in [-0.3, -0.25) is 0 Å². The molecule has 2 N–H and O–H groups in total. The van der Waals surface area contributed by atoms with Crippen molar-refractivity contribution in [2.24, 2.45) is 0 Å². The maximum absolute atomic E-state index is 12.4. The molecule has 0 bridgehead atoms. The average molecular weight is 1130 g/mol. The summed E-state index contributed by atoms with van der Waals surface area (Å²) in [4.78, 5) is 0. The third-order valence-electron chi connectivity index (χ3n) is 11.6. The van der Waals surface area contributed by atoms with Crippen LogP contribution in [0.1, 0.15) is 44.5 Å². The summed E-state index contributed by atoms with van der Waals surface area (Å²) in [5.41, 5.74) is 8.84. The molecule has 10 rings (SSSR count). The Morgan fingerprint density at radius 3 is 1.16 bits per heavy atom. The zero-order chi connectivity index (χ0) is 41.8. The molecule has 7 heteroatoms. The Morgan fingerprint density at radius 1 is 0.344 bits per heavy atom. The predicted molar refractivity (Wildman–Crippen MR) is 263 cm³/mol. The molecule has 0 saturated carbocycles. The summed E-state index contributed by atoms with van der Waals surface area (Å²) in [6.45, 7) is 4.17. The first kappa shape index (κ1) is 44.1. The van der Waals surface area contributed by atoms with Crippen LogP contribution in [0.4, 0.5) is 0 Å². The fourth-order valence-electron chi connectivity index (χ4n) is 8.83. The fourth-order valence-corrected chi connectivity index (χ4v) is 9.89. The third-order valence-corrected chi connectivity index (χ3v) is 13.7. The van der Waals surface area contributed by atoms with E-state index in [2.05, 4.69) is 162 Å². The summed E-state index contributed by atoms with van der Waals surface area (Å²) in [5.74, 6) is 0. The maximum atomic E-state index is 12.4. The van der Waals surface area contributed by atoms with Gasteiger partial charge in [-0.15, -0.1) is 0 Å². The number of halogens is 4. The van der Waals surface area contributed by atoms with Gasteiger partial charge in [0.25, 0.3) is 0 Å². The van der Waals surface area contributed by atoms with E-state index in [-0.39, 0.29) is 32.7 Å². The Balaban J connectivity index is 0.000000166. The zero-order valence-corrected chi connectivity index (χ0v) is 42.5. The van der Waals surface area contributed by atoms with E-state index < -0.39 is 11.2 Å². The molecule has 2 unspecified atom stereocenters. The van der Waals surface area contributed by atoms with Gasteiger partial charge in [0.1, 0.15) is 11.2 Å². The number of rotatable bonds is 4. The van der Waals surface area contributed by atoms with Crippen LogP contribution >= 0.6 is 63.7 Å². The Bertz CT molecular complexity index is 3060. The van der Waals surface area contributed by atoms with E-state index in [9.17, 15) is 10.2 Å². The van der Waals surface area contributed by atoms with Crippen LogP contribution in [0.5, 0.6) is 0 Å². The van der Waals surface area contributed by atoms with E-state index in [1.54, 1.807) is 0 Å². The molecule has 0 spiro atoms. The molecule has 2 atom stereocenters. The quantitative estimate of drug-likeness (QED) is 0.172. The number of aryl methyl sites for hydroxylation is 2. The second kappa shape index (κ2) is 17.9. The molecular weight excluding hydrogens is 1090 g/mol. The maximum Gasteiger partial charge on any atom is 0.141 e. The molecular formula is C54H38Br4O2Y. The van der Waals surface area contributed by atoms with Gasteiger partial charge >= 0.3 is 0 Å². The molecule has 0 aromatic heterocycles. The van der Waals surface area contributed by atoms with Crippen LogP contribution < -0.4 is 0 Å². The summed E-state index contributed by atoms with van der Waals surface area (Å²) in [6.07, 6.45) is 0. The predicted octanol–water partition coefficient (Wildman–Crippen LogP) is 15.6. The van der Waals surface area contributed by atoms with Crippen molar-refractivity contribution >= 4 is 85.3 Å². The first-order chi connectivity index (χ1) is 29.0. The van der Waals surface area contributed by atoms with E-state index in [0.717, 1.165) is 34.6 Å². The van der Waals surface area contributed by atoms with Gasteiger partial charge in [-0.05, 0) is 140 Å². The van der Waals surface area contributed by atoms with Crippen molar-refractivity contribution in [1.82, 2.24) is 0 Å². The van der Waals surface area contributed by atoms with Crippen molar-refractivity contribution in [3.63, 3.8) is 0 Å². The van der Waals surface area contributed by atoms with E-state index in [1.807, 2.05) is 97.9 Å². The monoisotopic (exact) mass is 1120 g/mol. The molecule has 2 nitrogen and oxygen atoms in total. The van der Waals surface area contributed by atoms with Gasteiger partial charge in [0.2, 0.25) is 0 Å². The van der Waals surface area contributed by atoms with Crippen LogP contribution in [-0.2, 0) is 43.9 Å². The first-order valence-electron chi connectivity index (χ1n) is 19.6. The van der Waals surface area contributed by atoms with Crippen LogP contribution in [0, 0.1) is 13.8 Å². The Labute approximate surface area is 415 Å². The second-order valence-electron chi connectivity index (χ2n) is 15.4. The number of hydrogen-bond donors (Lipinski definition) is 2. The van der Waals surface area contributed by atoms with E-state index in [1.165, 1.54) is 49.4 Å². The van der Waals surface area contributed by atoms with Crippen molar-refractivity contribution in [3.8, 4) is 22.3 Å². The van der Waals surface area contributed by atoms with Gasteiger partial charge < -0.3 is 10.2 Å². The van der Waals surface area contributed by atoms with Gasteiger partial charge in [-0.1, -0.05) is 208 Å². The molecule has 0 aliphatic heterocycles. The molecule has 0 fully saturated rings.